The zero-order valence-electron chi connectivity index (χ0n) is 7.53. The Morgan fingerprint density at radius 1 is 1.33 bits per heavy atom. The summed E-state index contributed by atoms with van der Waals surface area (Å²) >= 11 is 0. The maximum absolute atomic E-state index is 11.3. The molecule has 0 aliphatic rings. The summed E-state index contributed by atoms with van der Waals surface area (Å²) in [5.74, 6) is 0. The molecule has 12 heavy (non-hydrogen) atoms. The summed E-state index contributed by atoms with van der Waals surface area (Å²) in [7, 11) is -3.08. The Kier molecular flexibility index (Phi) is 2.41. The van der Waals surface area contributed by atoms with Gasteiger partial charge in [0, 0.05) is 12.0 Å². The van der Waals surface area contributed by atoms with Gasteiger partial charge in [-0.15, -0.1) is 0 Å². The fraction of sp³-hybridized carbons (Fsp3) is 0.333. The predicted molar refractivity (Wildman–Crippen MR) is 51.3 cm³/mol. The molecule has 66 valence electrons. The van der Waals surface area contributed by atoms with Gasteiger partial charge in [-0.25, -0.2) is 0 Å². The summed E-state index contributed by atoms with van der Waals surface area (Å²) < 4.78 is 11.3. The summed E-state index contributed by atoms with van der Waals surface area (Å²) in [5, 5.41) is 0.563. The van der Waals surface area contributed by atoms with Crippen LogP contribution in [0, 0.1) is 13.8 Å². The molecule has 0 spiro atoms. The van der Waals surface area contributed by atoms with E-state index in [0.717, 1.165) is 11.1 Å². The molecule has 3 heteroatoms. The van der Waals surface area contributed by atoms with Gasteiger partial charge in [0.05, 0.1) is 0 Å². The van der Waals surface area contributed by atoms with Gasteiger partial charge in [-0.1, -0.05) is 17.7 Å². The van der Waals surface area contributed by atoms with Crippen molar-refractivity contribution in [1.29, 1.82) is 0 Å². The van der Waals surface area contributed by atoms with Crippen LogP contribution in [0.25, 0.3) is 0 Å². The van der Waals surface area contributed by atoms with Gasteiger partial charge in [-0.05, 0) is 25.5 Å². The maximum atomic E-state index is 11.3. The van der Waals surface area contributed by atoms with Crippen LogP contribution in [0.15, 0.2) is 18.2 Å². The van der Waals surface area contributed by atoms with Gasteiger partial charge >= 0.3 is 0 Å². The van der Waals surface area contributed by atoms with Crippen LogP contribution in [-0.4, -0.2) is 11.6 Å². The molecule has 1 aromatic carbocycles. The van der Waals surface area contributed by atoms with Gasteiger partial charge < -0.3 is 4.89 Å². The van der Waals surface area contributed by atoms with E-state index in [4.69, 9.17) is 0 Å². The zero-order valence-corrected chi connectivity index (χ0v) is 8.43. The molecule has 0 heterocycles. The predicted octanol–water partition coefficient (Wildman–Crippen LogP) is 1.83. The molecule has 0 aliphatic carbocycles. The molecule has 1 unspecified atom stereocenters. The van der Waals surface area contributed by atoms with E-state index in [-0.39, 0.29) is 0 Å². The molecule has 0 saturated carbocycles. The van der Waals surface area contributed by atoms with Crippen molar-refractivity contribution in [3.05, 3.63) is 29.3 Å². The van der Waals surface area contributed by atoms with Crippen LogP contribution in [0.4, 0.5) is 0 Å². The van der Waals surface area contributed by atoms with E-state index in [1.165, 1.54) is 6.66 Å². The zero-order chi connectivity index (χ0) is 9.35. The van der Waals surface area contributed by atoms with Crippen molar-refractivity contribution in [2.45, 2.75) is 13.8 Å². The Bertz CT molecular complexity index is 338. The average Bonchev–Trinajstić information content (AvgIpc) is 1.83. The van der Waals surface area contributed by atoms with Crippen LogP contribution in [0.2, 0.25) is 0 Å². The minimum atomic E-state index is -3.08. The number of aryl methyl sites for hydroxylation is 2. The first-order chi connectivity index (χ1) is 5.41. The third-order valence-electron chi connectivity index (χ3n) is 1.80. The summed E-state index contributed by atoms with van der Waals surface area (Å²) in [6.45, 7) is 5.19. The third-order valence-corrected chi connectivity index (χ3v) is 3.20. The number of benzene rings is 1. The second kappa shape index (κ2) is 3.04. The smallest absolute Gasteiger partial charge is 0.226 e. The van der Waals surface area contributed by atoms with Gasteiger partial charge in [0.25, 0.3) is 0 Å². The summed E-state index contributed by atoms with van der Waals surface area (Å²) in [6.07, 6.45) is 0. The maximum Gasteiger partial charge on any atom is 0.226 e. The lowest BCUT2D eigenvalue weighted by molar-refractivity contribution is 0.496. The fourth-order valence-electron chi connectivity index (χ4n) is 1.27. The first-order valence-corrected chi connectivity index (χ1v) is 5.90. The summed E-state index contributed by atoms with van der Waals surface area (Å²) in [6, 6.07) is 5.50. The van der Waals surface area contributed by atoms with Crippen molar-refractivity contribution in [2.75, 3.05) is 6.66 Å². The van der Waals surface area contributed by atoms with Crippen molar-refractivity contribution < 1.29 is 9.46 Å². The van der Waals surface area contributed by atoms with Gasteiger partial charge in [0.1, 0.15) is 0 Å². The molecule has 1 N–H and O–H groups in total. The number of hydrogen-bond acceptors (Lipinski definition) is 1. The lowest BCUT2D eigenvalue weighted by Crippen LogP contribution is -2.07. The fourth-order valence-corrected chi connectivity index (χ4v) is 2.34. The van der Waals surface area contributed by atoms with Crippen molar-refractivity contribution in [3.8, 4) is 0 Å². The molecule has 0 radical (unpaired) electrons. The van der Waals surface area contributed by atoms with E-state index >= 15 is 0 Å². The quantitative estimate of drug-likeness (QED) is 0.676. The molecule has 0 aliphatic heterocycles. The van der Waals surface area contributed by atoms with Crippen molar-refractivity contribution in [1.82, 2.24) is 0 Å². The minimum absolute atomic E-state index is 0.563. The first kappa shape index (κ1) is 9.50. The minimum Gasteiger partial charge on any atom is -0.341 e. The van der Waals surface area contributed by atoms with Gasteiger partial charge in [-0.2, -0.15) is 0 Å². The van der Waals surface area contributed by atoms with Gasteiger partial charge in [0.15, 0.2) is 0 Å². The van der Waals surface area contributed by atoms with E-state index in [0.29, 0.717) is 5.30 Å². The molecule has 1 aromatic rings. The highest BCUT2D eigenvalue weighted by Crippen LogP contribution is 2.35. The van der Waals surface area contributed by atoms with Gasteiger partial charge in [-0.3, -0.25) is 4.57 Å². The molecule has 1 rings (SSSR count). The second-order valence-electron chi connectivity index (χ2n) is 3.17. The highest BCUT2D eigenvalue weighted by atomic mass is 31.2. The normalized spacial score (nSPS) is 15.7. The summed E-state index contributed by atoms with van der Waals surface area (Å²) in [4.78, 5) is 9.32. The number of rotatable bonds is 1. The molecule has 0 aromatic heterocycles. The van der Waals surface area contributed by atoms with Crippen LogP contribution >= 0.6 is 7.37 Å². The SMILES string of the molecule is Cc1ccc(P(C)(=O)O)c(C)c1. The standard InChI is InChI=1S/C9H13O2P/c1-7-4-5-9(8(2)6-7)12(3,10)11/h4-6H,1-3H3,(H,10,11). The third kappa shape index (κ3) is 1.96. The van der Waals surface area contributed by atoms with E-state index in [1.54, 1.807) is 6.07 Å². The molecule has 0 fully saturated rings. The molecule has 0 saturated heterocycles. The Labute approximate surface area is 72.7 Å². The van der Waals surface area contributed by atoms with Crippen molar-refractivity contribution >= 4 is 12.7 Å². The number of hydrogen-bond donors (Lipinski definition) is 1. The summed E-state index contributed by atoms with van der Waals surface area (Å²) in [5.41, 5.74) is 2.01. The van der Waals surface area contributed by atoms with Gasteiger partial charge in [0.2, 0.25) is 7.37 Å². The van der Waals surface area contributed by atoms with E-state index in [9.17, 15) is 9.46 Å². The topological polar surface area (TPSA) is 37.3 Å². The van der Waals surface area contributed by atoms with Crippen LogP contribution in [0.3, 0.4) is 0 Å². The van der Waals surface area contributed by atoms with Crippen molar-refractivity contribution in [2.24, 2.45) is 0 Å². The second-order valence-corrected chi connectivity index (χ2v) is 5.41. The van der Waals surface area contributed by atoms with Crippen LogP contribution < -0.4 is 5.30 Å². The highest BCUT2D eigenvalue weighted by Gasteiger charge is 2.15. The van der Waals surface area contributed by atoms with E-state index in [2.05, 4.69) is 0 Å². The van der Waals surface area contributed by atoms with E-state index < -0.39 is 7.37 Å². The van der Waals surface area contributed by atoms with Crippen LogP contribution in [0.1, 0.15) is 11.1 Å². The Hall–Kier alpha value is -0.590. The van der Waals surface area contributed by atoms with Crippen molar-refractivity contribution in [3.63, 3.8) is 0 Å². The molecule has 0 bridgehead atoms. The Morgan fingerprint density at radius 2 is 1.92 bits per heavy atom. The Morgan fingerprint density at radius 3 is 2.33 bits per heavy atom. The van der Waals surface area contributed by atoms with Crippen LogP contribution in [-0.2, 0) is 4.57 Å². The first-order valence-electron chi connectivity index (χ1n) is 3.79. The molecule has 0 amide bonds. The lowest BCUT2D eigenvalue weighted by atomic mass is 10.2. The molecule has 1 atom stereocenters. The highest BCUT2D eigenvalue weighted by molar-refractivity contribution is 7.65. The monoisotopic (exact) mass is 184 g/mol. The molecular weight excluding hydrogens is 171 g/mol. The molecule has 2 nitrogen and oxygen atoms in total. The molecular formula is C9H13O2P. The largest absolute Gasteiger partial charge is 0.341 e. The van der Waals surface area contributed by atoms with Crippen LogP contribution in [0.5, 0.6) is 0 Å². The lowest BCUT2D eigenvalue weighted by Gasteiger charge is -2.09. The van der Waals surface area contributed by atoms with E-state index in [1.807, 2.05) is 26.0 Å². The average molecular weight is 184 g/mol. The Balaban J connectivity index is 3.28.